The minimum absolute atomic E-state index is 0.195. The van der Waals surface area contributed by atoms with E-state index < -0.39 is 6.10 Å². The van der Waals surface area contributed by atoms with Crippen molar-refractivity contribution >= 4 is 11.6 Å². The van der Waals surface area contributed by atoms with Crippen LogP contribution in [0.4, 0.5) is 5.69 Å². The van der Waals surface area contributed by atoms with Crippen molar-refractivity contribution in [1.82, 2.24) is 0 Å². The summed E-state index contributed by atoms with van der Waals surface area (Å²) in [6, 6.07) is 7.18. The van der Waals surface area contributed by atoms with Gasteiger partial charge in [0.15, 0.2) is 0 Å². The summed E-state index contributed by atoms with van der Waals surface area (Å²) >= 11 is 0. The number of aliphatic hydroxyl groups excluding tert-OH is 1. The molecule has 0 aliphatic carbocycles. The van der Waals surface area contributed by atoms with Gasteiger partial charge in [0.25, 0.3) is 5.91 Å². The van der Waals surface area contributed by atoms with Crippen molar-refractivity contribution in [3.63, 3.8) is 0 Å². The number of amides is 1. The van der Waals surface area contributed by atoms with Gasteiger partial charge in [-0.2, -0.15) is 0 Å². The molecule has 2 N–H and O–H groups in total. The van der Waals surface area contributed by atoms with Crippen LogP contribution in [0.1, 0.15) is 46.0 Å². The third-order valence-electron chi connectivity index (χ3n) is 3.42. The number of hydrogen-bond acceptors (Lipinski definition) is 3. The second kappa shape index (κ2) is 5.51. The molecule has 0 fully saturated rings. The van der Waals surface area contributed by atoms with Gasteiger partial charge in [0.1, 0.15) is 11.5 Å². The Hall–Kier alpha value is -2.07. The van der Waals surface area contributed by atoms with Crippen molar-refractivity contribution in [3.8, 4) is 0 Å². The van der Waals surface area contributed by atoms with Crippen LogP contribution in [0.15, 0.2) is 28.7 Å². The van der Waals surface area contributed by atoms with Gasteiger partial charge in [-0.05, 0) is 45.4 Å². The molecular weight excluding hydrogens is 254 g/mol. The van der Waals surface area contributed by atoms with Gasteiger partial charge in [-0.1, -0.05) is 12.1 Å². The zero-order valence-electron chi connectivity index (χ0n) is 12.2. The summed E-state index contributed by atoms with van der Waals surface area (Å²) in [5.41, 5.74) is 2.85. The van der Waals surface area contributed by atoms with E-state index in [0.717, 1.165) is 16.9 Å². The number of anilines is 1. The van der Waals surface area contributed by atoms with Crippen molar-refractivity contribution in [3.05, 3.63) is 52.5 Å². The summed E-state index contributed by atoms with van der Waals surface area (Å²) in [5, 5.41) is 12.4. The van der Waals surface area contributed by atoms with E-state index in [9.17, 15) is 9.90 Å². The summed E-state index contributed by atoms with van der Waals surface area (Å²) in [6.45, 7) is 7.18. The van der Waals surface area contributed by atoms with Crippen LogP contribution in [-0.2, 0) is 0 Å². The quantitative estimate of drug-likeness (QED) is 0.899. The van der Waals surface area contributed by atoms with E-state index in [0.29, 0.717) is 17.0 Å². The highest BCUT2D eigenvalue weighted by Crippen LogP contribution is 2.23. The summed E-state index contributed by atoms with van der Waals surface area (Å²) in [6.07, 6.45) is -0.563. The topological polar surface area (TPSA) is 62.5 Å². The van der Waals surface area contributed by atoms with E-state index in [1.54, 1.807) is 32.0 Å². The molecule has 106 valence electrons. The molecule has 1 heterocycles. The molecule has 1 amide bonds. The Balaban J connectivity index is 2.26. The molecule has 1 aromatic heterocycles. The van der Waals surface area contributed by atoms with Crippen LogP contribution >= 0.6 is 0 Å². The number of carbonyl (C=O) groups is 1. The molecule has 0 bridgehead atoms. The zero-order chi connectivity index (χ0) is 14.9. The standard InChI is InChI=1S/C16H19NO3/c1-9-11(3)20-12(4)15(9)16(19)17-14-7-5-6-13(8-14)10(2)18/h5-8,10,18H,1-4H3,(H,17,19). The predicted molar refractivity (Wildman–Crippen MR) is 77.9 cm³/mol. The van der Waals surface area contributed by atoms with E-state index in [-0.39, 0.29) is 5.91 Å². The molecular formula is C16H19NO3. The van der Waals surface area contributed by atoms with Crippen molar-refractivity contribution in [2.24, 2.45) is 0 Å². The average molecular weight is 273 g/mol. The van der Waals surface area contributed by atoms with Gasteiger partial charge in [0.2, 0.25) is 0 Å². The van der Waals surface area contributed by atoms with Crippen LogP contribution in [0.5, 0.6) is 0 Å². The predicted octanol–water partition coefficient (Wildman–Crippen LogP) is 3.51. The van der Waals surface area contributed by atoms with Crippen LogP contribution in [0, 0.1) is 20.8 Å². The van der Waals surface area contributed by atoms with Gasteiger partial charge < -0.3 is 14.8 Å². The molecule has 0 aliphatic rings. The van der Waals surface area contributed by atoms with Crippen molar-refractivity contribution < 1.29 is 14.3 Å². The number of aryl methyl sites for hydroxylation is 2. The smallest absolute Gasteiger partial charge is 0.259 e. The van der Waals surface area contributed by atoms with E-state index in [1.807, 2.05) is 19.9 Å². The fraction of sp³-hybridized carbons (Fsp3) is 0.312. The monoisotopic (exact) mass is 273 g/mol. The van der Waals surface area contributed by atoms with Crippen molar-refractivity contribution in [2.75, 3.05) is 5.32 Å². The van der Waals surface area contributed by atoms with Crippen LogP contribution in [0.3, 0.4) is 0 Å². The van der Waals surface area contributed by atoms with Crippen LogP contribution in [0.2, 0.25) is 0 Å². The number of carbonyl (C=O) groups excluding carboxylic acids is 1. The Kier molecular flexibility index (Phi) is 3.95. The molecule has 0 saturated heterocycles. The lowest BCUT2D eigenvalue weighted by atomic mass is 10.1. The maximum Gasteiger partial charge on any atom is 0.259 e. The van der Waals surface area contributed by atoms with E-state index in [1.165, 1.54) is 0 Å². The Morgan fingerprint density at radius 1 is 1.25 bits per heavy atom. The lowest BCUT2D eigenvalue weighted by Crippen LogP contribution is -2.13. The lowest BCUT2D eigenvalue weighted by Gasteiger charge is -2.09. The number of hydrogen-bond donors (Lipinski definition) is 2. The maximum absolute atomic E-state index is 12.3. The molecule has 0 saturated carbocycles. The number of nitrogens with one attached hydrogen (secondary N) is 1. The molecule has 1 atom stereocenters. The Bertz CT molecular complexity index is 641. The summed E-state index contributed by atoms with van der Waals surface area (Å²) < 4.78 is 5.47. The summed E-state index contributed by atoms with van der Waals surface area (Å²) in [7, 11) is 0. The molecule has 4 heteroatoms. The third-order valence-corrected chi connectivity index (χ3v) is 3.42. The van der Waals surface area contributed by atoms with Gasteiger partial charge in [-0.15, -0.1) is 0 Å². The first-order valence-electron chi connectivity index (χ1n) is 6.56. The number of rotatable bonds is 3. The summed E-state index contributed by atoms with van der Waals surface area (Å²) in [5.74, 6) is 1.18. The normalized spacial score (nSPS) is 12.2. The second-order valence-corrected chi connectivity index (χ2v) is 4.97. The highest BCUT2D eigenvalue weighted by Gasteiger charge is 2.18. The molecule has 1 aromatic carbocycles. The Labute approximate surface area is 118 Å². The average Bonchev–Trinajstić information content (AvgIpc) is 2.63. The van der Waals surface area contributed by atoms with E-state index in [2.05, 4.69) is 5.32 Å². The van der Waals surface area contributed by atoms with Gasteiger partial charge in [-0.3, -0.25) is 4.79 Å². The third kappa shape index (κ3) is 2.75. The molecule has 2 aromatic rings. The SMILES string of the molecule is Cc1oc(C)c(C(=O)Nc2cccc(C(C)O)c2)c1C. The minimum atomic E-state index is -0.563. The van der Waals surface area contributed by atoms with E-state index in [4.69, 9.17) is 4.42 Å². The minimum Gasteiger partial charge on any atom is -0.466 e. The zero-order valence-corrected chi connectivity index (χ0v) is 12.2. The molecule has 2 rings (SSSR count). The highest BCUT2D eigenvalue weighted by atomic mass is 16.3. The Morgan fingerprint density at radius 3 is 2.50 bits per heavy atom. The summed E-state index contributed by atoms with van der Waals surface area (Å²) in [4.78, 5) is 12.3. The number of furan rings is 1. The van der Waals surface area contributed by atoms with E-state index >= 15 is 0 Å². The van der Waals surface area contributed by atoms with Crippen molar-refractivity contribution in [1.29, 1.82) is 0 Å². The number of aliphatic hydroxyl groups is 1. The molecule has 0 spiro atoms. The van der Waals surface area contributed by atoms with Gasteiger partial charge in [-0.25, -0.2) is 0 Å². The second-order valence-electron chi connectivity index (χ2n) is 4.97. The first-order valence-corrected chi connectivity index (χ1v) is 6.56. The van der Waals surface area contributed by atoms with Crippen LogP contribution in [0.25, 0.3) is 0 Å². The fourth-order valence-corrected chi connectivity index (χ4v) is 2.20. The highest BCUT2D eigenvalue weighted by molar-refractivity contribution is 6.06. The molecule has 20 heavy (non-hydrogen) atoms. The Morgan fingerprint density at radius 2 is 1.95 bits per heavy atom. The fourth-order valence-electron chi connectivity index (χ4n) is 2.20. The first kappa shape index (κ1) is 14.3. The largest absolute Gasteiger partial charge is 0.466 e. The van der Waals surface area contributed by atoms with Crippen LogP contribution in [-0.4, -0.2) is 11.0 Å². The van der Waals surface area contributed by atoms with Gasteiger partial charge in [0, 0.05) is 11.3 Å². The van der Waals surface area contributed by atoms with Gasteiger partial charge in [0.05, 0.1) is 11.7 Å². The lowest BCUT2D eigenvalue weighted by molar-refractivity contribution is 0.102. The van der Waals surface area contributed by atoms with Crippen LogP contribution < -0.4 is 5.32 Å². The van der Waals surface area contributed by atoms with Crippen molar-refractivity contribution in [2.45, 2.75) is 33.8 Å². The number of benzene rings is 1. The molecule has 0 radical (unpaired) electrons. The molecule has 0 aliphatic heterocycles. The molecule has 4 nitrogen and oxygen atoms in total. The molecule has 1 unspecified atom stereocenters. The maximum atomic E-state index is 12.3. The van der Waals surface area contributed by atoms with Gasteiger partial charge >= 0.3 is 0 Å². The first-order chi connectivity index (χ1) is 9.40.